The van der Waals surface area contributed by atoms with E-state index in [-0.39, 0.29) is 12.4 Å². The Hall–Kier alpha value is -3.40. The van der Waals surface area contributed by atoms with Gasteiger partial charge in [-0.2, -0.15) is 4.98 Å². The zero-order valence-electron chi connectivity index (χ0n) is 18.6. The summed E-state index contributed by atoms with van der Waals surface area (Å²) in [5.74, 6) is 3.41. The second-order valence-corrected chi connectivity index (χ2v) is 8.58. The number of thioether (sulfide) groups is 1. The molecule has 4 aromatic rings. The molecule has 0 aliphatic carbocycles. The van der Waals surface area contributed by atoms with Gasteiger partial charge in [0.05, 0.1) is 18.6 Å². The van der Waals surface area contributed by atoms with Gasteiger partial charge in [0.25, 0.3) is 0 Å². The standard InChI is InChI=1S/C23H24FN5O3S/c1-15(2)12-20-25-22(32-28-20)14-33-23-27-26-21(29(23)19-7-5-4-6-18(19)24)13-31-17-10-8-16(30-3)9-11-17/h4-11,15H,12-14H2,1-3H3. The highest BCUT2D eigenvalue weighted by Gasteiger charge is 2.19. The fraction of sp³-hybridized carbons (Fsp3) is 0.304. The molecule has 0 bridgehead atoms. The second kappa shape index (κ2) is 10.5. The minimum Gasteiger partial charge on any atom is -0.497 e. The Kier molecular flexibility index (Phi) is 7.23. The number of ether oxygens (including phenoxy) is 2. The molecular weight excluding hydrogens is 445 g/mol. The largest absolute Gasteiger partial charge is 0.497 e. The molecule has 4 rings (SSSR count). The number of para-hydroxylation sites is 1. The summed E-state index contributed by atoms with van der Waals surface area (Å²) in [4.78, 5) is 4.42. The number of nitrogens with zero attached hydrogens (tertiary/aromatic N) is 5. The zero-order valence-corrected chi connectivity index (χ0v) is 19.4. The summed E-state index contributed by atoms with van der Waals surface area (Å²) < 4.78 is 32.7. The van der Waals surface area contributed by atoms with E-state index in [0.717, 1.165) is 12.2 Å². The number of methoxy groups -OCH3 is 1. The molecule has 8 nitrogen and oxygen atoms in total. The summed E-state index contributed by atoms with van der Waals surface area (Å²) in [5, 5.41) is 13.0. The molecule has 0 unspecified atom stereocenters. The van der Waals surface area contributed by atoms with Gasteiger partial charge in [-0.1, -0.05) is 42.9 Å². The van der Waals surface area contributed by atoms with Crippen LogP contribution in [0, 0.1) is 11.7 Å². The number of halogens is 1. The predicted molar refractivity (Wildman–Crippen MR) is 121 cm³/mol. The number of hydrogen-bond acceptors (Lipinski definition) is 8. The quantitative estimate of drug-likeness (QED) is 0.304. The van der Waals surface area contributed by atoms with Crippen molar-refractivity contribution in [1.29, 1.82) is 0 Å². The van der Waals surface area contributed by atoms with Crippen molar-refractivity contribution in [3.05, 3.63) is 71.9 Å². The minimum atomic E-state index is -0.387. The Bertz CT molecular complexity index is 1190. The molecule has 2 heterocycles. The lowest BCUT2D eigenvalue weighted by Crippen LogP contribution is -2.08. The molecule has 0 saturated carbocycles. The number of rotatable bonds is 10. The number of hydrogen-bond donors (Lipinski definition) is 0. The second-order valence-electron chi connectivity index (χ2n) is 7.64. The normalized spacial score (nSPS) is 11.2. The highest BCUT2D eigenvalue weighted by molar-refractivity contribution is 7.98. The smallest absolute Gasteiger partial charge is 0.237 e. The molecule has 0 aliphatic heterocycles. The van der Waals surface area contributed by atoms with Crippen LogP contribution < -0.4 is 9.47 Å². The molecule has 33 heavy (non-hydrogen) atoms. The van der Waals surface area contributed by atoms with Gasteiger partial charge in [-0.15, -0.1) is 10.2 Å². The summed E-state index contributed by atoms with van der Waals surface area (Å²) >= 11 is 1.34. The van der Waals surface area contributed by atoms with Gasteiger partial charge in [-0.25, -0.2) is 4.39 Å². The lowest BCUT2D eigenvalue weighted by molar-refractivity contribution is 0.292. The first-order valence-corrected chi connectivity index (χ1v) is 11.4. The molecule has 0 fully saturated rings. The van der Waals surface area contributed by atoms with Crippen molar-refractivity contribution in [2.75, 3.05) is 7.11 Å². The van der Waals surface area contributed by atoms with E-state index in [2.05, 4.69) is 34.2 Å². The first-order valence-electron chi connectivity index (χ1n) is 10.4. The molecule has 10 heteroatoms. The SMILES string of the molecule is COc1ccc(OCc2nnc(SCc3nc(CC(C)C)no3)n2-c2ccccc2F)cc1. The first-order chi connectivity index (χ1) is 16.0. The molecule has 0 atom stereocenters. The molecule has 172 valence electrons. The van der Waals surface area contributed by atoms with Crippen LogP contribution in [0.1, 0.15) is 31.4 Å². The van der Waals surface area contributed by atoms with Crippen LogP contribution in [0.3, 0.4) is 0 Å². The Morgan fingerprint density at radius 2 is 1.82 bits per heavy atom. The Morgan fingerprint density at radius 3 is 2.55 bits per heavy atom. The van der Waals surface area contributed by atoms with Gasteiger partial charge in [0.1, 0.15) is 23.9 Å². The van der Waals surface area contributed by atoms with Crippen LogP contribution in [0.5, 0.6) is 11.5 Å². The highest BCUT2D eigenvalue weighted by Crippen LogP contribution is 2.27. The van der Waals surface area contributed by atoms with Crippen LogP contribution >= 0.6 is 11.8 Å². The van der Waals surface area contributed by atoms with Gasteiger partial charge < -0.3 is 14.0 Å². The van der Waals surface area contributed by atoms with Crippen molar-refractivity contribution in [3.8, 4) is 17.2 Å². The van der Waals surface area contributed by atoms with Crippen LogP contribution in [0.15, 0.2) is 58.2 Å². The van der Waals surface area contributed by atoms with E-state index in [1.54, 1.807) is 54.1 Å². The maximum Gasteiger partial charge on any atom is 0.237 e. The summed E-state index contributed by atoms with van der Waals surface area (Å²) in [5.41, 5.74) is 0.337. The topological polar surface area (TPSA) is 88.1 Å². The third-order valence-electron chi connectivity index (χ3n) is 4.65. The van der Waals surface area contributed by atoms with Crippen molar-refractivity contribution in [2.45, 2.75) is 37.8 Å². The summed E-state index contributed by atoms with van der Waals surface area (Å²) in [7, 11) is 1.60. The molecule has 0 radical (unpaired) electrons. The summed E-state index contributed by atoms with van der Waals surface area (Å²) in [6, 6.07) is 13.7. The van der Waals surface area contributed by atoms with Crippen molar-refractivity contribution in [1.82, 2.24) is 24.9 Å². The average Bonchev–Trinajstić information content (AvgIpc) is 3.43. The Labute approximate surface area is 195 Å². The van der Waals surface area contributed by atoms with Gasteiger partial charge >= 0.3 is 0 Å². The molecule has 0 aliphatic rings. The Morgan fingerprint density at radius 1 is 1.06 bits per heavy atom. The lowest BCUT2D eigenvalue weighted by atomic mass is 10.1. The van der Waals surface area contributed by atoms with Crippen LogP contribution in [-0.4, -0.2) is 32.0 Å². The molecule has 0 saturated heterocycles. The molecule has 0 N–H and O–H groups in total. The van der Waals surface area contributed by atoms with Crippen LogP contribution in [0.2, 0.25) is 0 Å². The third-order valence-corrected chi connectivity index (χ3v) is 5.56. The minimum absolute atomic E-state index is 0.104. The molecule has 0 spiro atoms. The van der Waals surface area contributed by atoms with E-state index in [4.69, 9.17) is 14.0 Å². The van der Waals surface area contributed by atoms with E-state index < -0.39 is 0 Å². The van der Waals surface area contributed by atoms with Gasteiger partial charge in [0.2, 0.25) is 5.89 Å². The first kappa shape index (κ1) is 22.8. The van der Waals surface area contributed by atoms with E-state index >= 15 is 0 Å². The van der Waals surface area contributed by atoms with E-state index in [1.165, 1.54) is 17.8 Å². The van der Waals surface area contributed by atoms with Gasteiger partial charge in [-0.3, -0.25) is 4.57 Å². The fourth-order valence-corrected chi connectivity index (χ4v) is 3.91. The van der Waals surface area contributed by atoms with Crippen LogP contribution in [0.25, 0.3) is 5.69 Å². The van der Waals surface area contributed by atoms with Gasteiger partial charge in [0.15, 0.2) is 16.8 Å². The van der Waals surface area contributed by atoms with E-state index in [0.29, 0.717) is 45.8 Å². The molecule has 2 aromatic carbocycles. The fourth-order valence-electron chi connectivity index (χ4n) is 3.11. The van der Waals surface area contributed by atoms with Crippen molar-refractivity contribution in [3.63, 3.8) is 0 Å². The van der Waals surface area contributed by atoms with Crippen molar-refractivity contribution in [2.24, 2.45) is 5.92 Å². The molecule has 2 aromatic heterocycles. The molecular formula is C23H24FN5O3S. The van der Waals surface area contributed by atoms with Crippen LogP contribution in [-0.2, 0) is 18.8 Å². The van der Waals surface area contributed by atoms with E-state index in [9.17, 15) is 4.39 Å². The van der Waals surface area contributed by atoms with Crippen molar-refractivity contribution < 1.29 is 18.4 Å². The van der Waals surface area contributed by atoms with E-state index in [1.807, 2.05) is 0 Å². The van der Waals surface area contributed by atoms with Gasteiger partial charge in [-0.05, 0) is 42.3 Å². The van der Waals surface area contributed by atoms with Crippen molar-refractivity contribution >= 4 is 11.8 Å². The average molecular weight is 470 g/mol. The Balaban J connectivity index is 1.54. The summed E-state index contributed by atoms with van der Waals surface area (Å²) in [6.45, 7) is 4.29. The maximum absolute atomic E-state index is 14.7. The monoisotopic (exact) mass is 469 g/mol. The number of aromatic nitrogens is 5. The summed E-state index contributed by atoms with van der Waals surface area (Å²) in [6.07, 6.45) is 0.742. The number of benzene rings is 2. The lowest BCUT2D eigenvalue weighted by Gasteiger charge is -2.12. The highest BCUT2D eigenvalue weighted by atomic mass is 32.2. The zero-order chi connectivity index (χ0) is 23.2. The van der Waals surface area contributed by atoms with Gasteiger partial charge in [0, 0.05) is 6.42 Å². The maximum atomic E-state index is 14.7. The predicted octanol–water partition coefficient (Wildman–Crippen LogP) is 4.87. The van der Waals surface area contributed by atoms with Crippen LogP contribution in [0.4, 0.5) is 4.39 Å². The third kappa shape index (κ3) is 5.70. The molecule has 0 amide bonds.